The van der Waals surface area contributed by atoms with Gasteiger partial charge in [0.2, 0.25) is 0 Å². The summed E-state index contributed by atoms with van der Waals surface area (Å²) in [6.45, 7) is 3.74. The van der Waals surface area contributed by atoms with Gasteiger partial charge < -0.3 is 14.6 Å². The quantitative estimate of drug-likeness (QED) is 0.674. The summed E-state index contributed by atoms with van der Waals surface area (Å²) in [7, 11) is 0. The molecule has 0 aliphatic carbocycles. The number of ether oxygens (including phenoxy) is 2. The van der Waals surface area contributed by atoms with Crippen molar-refractivity contribution in [3.05, 3.63) is 71.8 Å². The minimum absolute atomic E-state index is 0.276. The van der Waals surface area contributed by atoms with Gasteiger partial charge in [-0.05, 0) is 30.9 Å². The Hall–Kier alpha value is -2.21. The van der Waals surface area contributed by atoms with E-state index in [4.69, 9.17) is 9.47 Å². The summed E-state index contributed by atoms with van der Waals surface area (Å²) in [5.41, 5.74) is 2.15. The average Bonchev–Trinajstić information content (AvgIpc) is 3.25. The van der Waals surface area contributed by atoms with Crippen LogP contribution in [0.4, 0.5) is 0 Å². The van der Waals surface area contributed by atoms with E-state index < -0.39 is 18.1 Å². The Labute approximate surface area is 166 Å². The van der Waals surface area contributed by atoms with Crippen LogP contribution in [-0.2, 0) is 27.4 Å². The lowest BCUT2D eigenvalue weighted by atomic mass is 10.00. The van der Waals surface area contributed by atoms with E-state index in [0.29, 0.717) is 19.7 Å². The number of esters is 1. The van der Waals surface area contributed by atoms with Crippen LogP contribution >= 0.6 is 0 Å². The highest BCUT2D eigenvalue weighted by Crippen LogP contribution is 2.24. The molecule has 0 radical (unpaired) electrons. The molecule has 2 aromatic carbocycles. The zero-order chi connectivity index (χ0) is 19.8. The van der Waals surface area contributed by atoms with Gasteiger partial charge >= 0.3 is 5.97 Å². The van der Waals surface area contributed by atoms with Crippen LogP contribution in [0.5, 0.6) is 0 Å². The van der Waals surface area contributed by atoms with Gasteiger partial charge in [-0.1, -0.05) is 60.7 Å². The Morgan fingerprint density at radius 2 is 1.68 bits per heavy atom. The second-order valence-corrected chi connectivity index (χ2v) is 7.12. The molecule has 1 aliphatic heterocycles. The SMILES string of the molecule is CCOC(=O)C(C(O)C1CCCO1)N(Cc1ccccc1)Cc1ccccc1. The molecule has 2 aromatic rings. The number of carbonyl (C=O) groups is 1. The van der Waals surface area contributed by atoms with Crippen molar-refractivity contribution in [3.63, 3.8) is 0 Å². The molecule has 0 aromatic heterocycles. The minimum Gasteiger partial charge on any atom is -0.465 e. The molecule has 3 unspecified atom stereocenters. The first kappa shape index (κ1) is 20.5. The van der Waals surface area contributed by atoms with Crippen LogP contribution in [0.25, 0.3) is 0 Å². The molecule has 28 heavy (non-hydrogen) atoms. The highest BCUT2D eigenvalue weighted by molar-refractivity contribution is 5.76. The molecule has 3 rings (SSSR count). The molecule has 5 heteroatoms. The summed E-state index contributed by atoms with van der Waals surface area (Å²) >= 11 is 0. The van der Waals surface area contributed by atoms with Crippen LogP contribution in [-0.4, -0.2) is 47.4 Å². The molecule has 0 bridgehead atoms. The van der Waals surface area contributed by atoms with Crippen molar-refractivity contribution < 1.29 is 19.4 Å². The van der Waals surface area contributed by atoms with Crippen molar-refractivity contribution in [3.8, 4) is 0 Å². The summed E-state index contributed by atoms with van der Waals surface area (Å²) in [4.78, 5) is 14.9. The zero-order valence-corrected chi connectivity index (χ0v) is 16.4. The predicted octanol–water partition coefficient (Wildman–Crippen LogP) is 3.16. The maximum atomic E-state index is 12.9. The highest BCUT2D eigenvalue weighted by Gasteiger charge is 2.40. The molecule has 0 saturated carbocycles. The second-order valence-electron chi connectivity index (χ2n) is 7.12. The van der Waals surface area contributed by atoms with Crippen LogP contribution in [0.15, 0.2) is 60.7 Å². The van der Waals surface area contributed by atoms with E-state index in [-0.39, 0.29) is 12.7 Å². The molecule has 1 N–H and O–H groups in total. The molecule has 1 saturated heterocycles. The number of aliphatic hydroxyl groups excluding tert-OH is 1. The lowest BCUT2D eigenvalue weighted by Gasteiger charge is -2.35. The van der Waals surface area contributed by atoms with Crippen molar-refractivity contribution in [2.75, 3.05) is 13.2 Å². The number of aliphatic hydroxyl groups is 1. The Morgan fingerprint density at radius 3 is 2.14 bits per heavy atom. The normalized spacial score (nSPS) is 18.8. The van der Waals surface area contributed by atoms with E-state index in [9.17, 15) is 9.90 Å². The third kappa shape index (κ3) is 5.41. The number of hydrogen-bond donors (Lipinski definition) is 1. The maximum absolute atomic E-state index is 12.9. The molecule has 3 atom stereocenters. The van der Waals surface area contributed by atoms with E-state index in [1.807, 2.05) is 65.6 Å². The van der Waals surface area contributed by atoms with Crippen molar-refractivity contribution in [2.45, 2.75) is 51.1 Å². The number of hydrogen-bond acceptors (Lipinski definition) is 5. The fourth-order valence-corrected chi connectivity index (χ4v) is 3.70. The minimum atomic E-state index is -0.936. The monoisotopic (exact) mass is 383 g/mol. The van der Waals surface area contributed by atoms with Gasteiger partial charge in [-0.15, -0.1) is 0 Å². The van der Waals surface area contributed by atoms with Crippen molar-refractivity contribution >= 4 is 5.97 Å². The molecule has 1 aliphatic rings. The first-order valence-electron chi connectivity index (χ1n) is 9.97. The van der Waals surface area contributed by atoms with Gasteiger partial charge in [-0.25, -0.2) is 0 Å². The molecular weight excluding hydrogens is 354 g/mol. The van der Waals surface area contributed by atoms with E-state index in [1.54, 1.807) is 6.92 Å². The fourth-order valence-electron chi connectivity index (χ4n) is 3.70. The maximum Gasteiger partial charge on any atom is 0.326 e. The lowest BCUT2D eigenvalue weighted by Crippen LogP contribution is -2.53. The van der Waals surface area contributed by atoms with Crippen molar-refractivity contribution in [1.29, 1.82) is 0 Å². The number of benzene rings is 2. The topological polar surface area (TPSA) is 59.0 Å². The molecule has 5 nitrogen and oxygen atoms in total. The van der Waals surface area contributed by atoms with Gasteiger partial charge in [0.15, 0.2) is 0 Å². The van der Waals surface area contributed by atoms with Crippen LogP contribution in [0, 0.1) is 0 Å². The number of rotatable bonds is 9. The van der Waals surface area contributed by atoms with Gasteiger partial charge in [0, 0.05) is 19.7 Å². The third-order valence-corrected chi connectivity index (χ3v) is 5.05. The van der Waals surface area contributed by atoms with Crippen LogP contribution in [0.3, 0.4) is 0 Å². The summed E-state index contributed by atoms with van der Waals surface area (Å²) < 4.78 is 11.0. The zero-order valence-electron chi connectivity index (χ0n) is 16.4. The predicted molar refractivity (Wildman–Crippen MR) is 108 cm³/mol. The molecule has 0 amide bonds. The molecule has 1 heterocycles. The lowest BCUT2D eigenvalue weighted by molar-refractivity contribution is -0.159. The summed E-state index contributed by atoms with van der Waals surface area (Å²) in [6.07, 6.45) is 0.369. The van der Waals surface area contributed by atoms with Gasteiger partial charge in [-0.2, -0.15) is 0 Å². The number of carbonyl (C=O) groups excluding carboxylic acids is 1. The Kier molecular flexibility index (Phi) is 7.60. The summed E-state index contributed by atoms with van der Waals surface area (Å²) in [5.74, 6) is -0.405. The molecule has 1 fully saturated rings. The molecule has 150 valence electrons. The van der Waals surface area contributed by atoms with Crippen molar-refractivity contribution in [2.24, 2.45) is 0 Å². The van der Waals surface area contributed by atoms with Gasteiger partial charge in [-0.3, -0.25) is 9.69 Å². The smallest absolute Gasteiger partial charge is 0.326 e. The summed E-state index contributed by atoms with van der Waals surface area (Å²) in [6, 6.07) is 19.2. The van der Waals surface area contributed by atoms with Gasteiger partial charge in [0.05, 0.1) is 12.7 Å². The van der Waals surface area contributed by atoms with Crippen LogP contribution < -0.4 is 0 Å². The van der Waals surface area contributed by atoms with Gasteiger partial charge in [0.1, 0.15) is 12.1 Å². The largest absolute Gasteiger partial charge is 0.465 e. The summed E-state index contributed by atoms with van der Waals surface area (Å²) in [5, 5.41) is 11.1. The third-order valence-electron chi connectivity index (χ3n) is 5.05. The first-order valence-corrected chi connectivity index (χ1v) is 9.97. The second kappa shape index (κ2) is 10.4. The Balaban J connectivity index is 1.89. The first-order chi connectivity index (χ1) is 13.7. The van der Waals surface area contributed by atoms with E-state index in [1.165, 1.54) is 0 Å². The van der Waals surface area contributed by atoms with E-state index in [0.717, 1.165) is 24.0 Å². The van der Waals surface area contributed by atoms with Crippen LogP contribution in [0.1, 0.15) is 30.9 Å². The molecular formula is C23H29NO4. The Morgan fingerprint density at radius 1 is 1.11 bits per heavy atom. The van der Waals surface area contributed by atoms with Crippen LogP contribution in [0.2, 0.25) is 0 Å². The Bertz CT molecular complexity index is 674. The van der Waals surface area contributed by atoms with E-state index in [2.05, 4.69) is 0 Å². The highest BCUT2D eigenvalue weighted by atomic mass is 16.5. The van der Waals surface area contributed by atoms with Gasteiger partial charge in [0.25, 0.3) is 0 Å². The standard InChI is InChI=1S/C23H29NO4/c1-2-27-23(26)21(22(25)20-14-9-15-28-20)24(16-18-10-5-3-6-11-18)17-19-12-7-4-8-13-19/h3-8,10-13,20-22,25H,2,9,14-17H2,1H3. The average molecular weight is 383 g/mol. The molecule has 0 spiro atoms. The fraction of sp³-hybridized carbons (Fsp3) is 0.435. The number of nitrogens with zero attached hydrogens (tertiary/aromatic N) is 1. The van der Waals surface area contributed by atoms with Crippen molar-refractivity contribution in [1.82, 2.24) is 4.90 Å². The van der Waals surface area contributed by atoms with E-state index >= 15 is 0 Å².